The summed E-state index contributed by atoms with van der Waals surface area (Å²) in [6.07, 6.45) is -0.366. The first-order valence-electron chi connectivity index (χ1n) is 9.25. The summed E-state index contributed by atoms with van der Waals surface area (Å²) in [5.41, 5.74) is 0.745. The number of hydrogen-bond acceptors (Lipinski definition) is 6. The Kier molecular flexibility index (Phi) is 6.16. The van der Waals surface area contributed by atoms with Crippen molar-refractivity contribution in [2.24, 2.45) is 0 Å². The molecule has 0 radical (unpaired) electrons. The molecule has 8 heteroatoms. The summed E-state index contributed by atoms with van der Waals surface area (Å²) in [6.45, 7) is 5.69. The largest absolute Gasteiger partial charge is 0.423 e. The number of benzene rings is 2. The van der Waals surface area contributed by atoms with Crippen LogP contribution in [0.4, 0.5) is 0 Å². The number of carbonyl (C=O) groups excluding carboxylic acids is 2. The Bertz CT molecular complexity index is 988. The molecule has 0 aromatic heterocycles. The Morgan fingerprint density at radius 1 is 0.931 bits per heavy atom. The van der Waals surface area contributed by atoms with Gasteiger partial charge in [0, 0.05) is 18.7 Å². The number of sulfonamides is 1. The third-order valence-corrected chi connectivity index (χ3v) is 6.43. The zero-order valence-corrected chi connectivity index (χ0v) is 17.3. The van der Waals surface area contributed by atoms with Gasteiger partial charge in [0.25, 0.3) is 0 Å². The Hall–Kier alpha value is -2.55. The normalized spacial score (nSPS) is 20.2. The van der Waals surface area contributed by atoms with Gasteiger partial charge in [-0.3, -0.25) is 4.79 Å². The Balaban J connectivity index is 1.72. The minimum absolute atomic E-state index is 0.0799. The van der Waals surface area contributed by atoms with Crippen molar-refractivity contribution in [2.45, 2.75) is 37.9 Å². The predicted octanol–water partition coefficient (Wildman–Crippen LogP) is 2.91. The third-order valence-electron chi connectivity index (χ3n) is 4.59. The van der Waals surface area contributed by atoms with Crippen molar-refractivity contribution in [1.29, 1.82) is 0 Å². The maximum atomic E-state index is 12.9. The molecular weight excluding hydrogens is 394 g/mol. The van der Waals surface area contributed by atoms with Gasteiger partial charge in [-0.1, -0.05) is 0 Å². The molecule has 1 saturated heterocycles. The lowest BCUT2D eigenvalue weighted by atomic mass is 10.1. The lowest BCUT2D eigenvalue weighted by Gasteiger charge is -2.34. The number of carbonyl (C=O) groups is 2. The lowest BCUT2D eigenvalue weighted by Crippen LogP contribution is -2.48. The molecule has 1 heterocycles. The monoisotopic (exact) mass is 417 g/mol. The molecule has 0 amide bonds. The van der Waals surface area contributed by atoms with Gasteiger partial charge in [-0.2, -0.15) is 4.31 Å². The predicted molar refractivity (Wildman–Crippen MR) is 107 cm³/mol. The highest BCUT2D eigenvalue weighted by molar-refractivity contribution is 7.89. The number of esters is 1. The van der Waals surface area contributed by atoms with Crippen molar-refractivity contribution in [3.63, 3.8) is 0 Å². The van der Waals surface area contributed by atoms with Crippen LogP contribution in [-0.2, 0) is 14.8 Å². The number of nitrogens with zero attached hydrogens (tertiary/aromatic N) is 1. The van der Waals surface area contributed by atoms with Crippen LogP contribution in [0.1, 0.15) is 41.5 Å². The van der Waals surface area contributed by atoms with Crippen LogP contribution in [0.2, 0.25) is 0 Å². The number of rotatable bonds is 5. The lowest BCUT2D eigenvalue weighted by molar-refractivity contribution is -0.0440. The van der Waals surface area contributed by atoms with E-state index in [1.54, 1.807) is 12.1 Å². The highest BCUT2D eigenvalue weighted by Crippen LogP contribution is 2.22. The highest BCUT2D eigenvalue weighted by Gasteiger charge is 2.32. The first-order chi connectivity index (χ1) is 13.7. The highest BCUT2D eigenvalue weighted by atomic mass is 32.2. The van der Waals surface area contributed by atoms with E-state index in [1.165, 1.54) is 47.6 Å². The molecule has 0 saturated carbocycles. The van der Waals surface area contributed by atoms with Crippen LogP contribution >= 0.6 is 0 Å². The molecule has 2 aromatic rings. The van der Waals surface area contributed by atoms with Gasteiger partial charge < -0.3 is 9.47 Å². The summed E-state index contributed by atoms with van der Waals surface area (Å²) in [6, 6.07) is 11.9. The van der Waals surface area contributed by atoms with E-state index in [-0.39, 0.29) is 41.5 Å². The van der Waals surface area contributed by atoms with Gasteiger partial charge in [-0.05, 0) is 69.3 Å². The fourth-order valence-corrected chi connectivity index (χ4v) is 4.75. The molecule has 0 N–H and O–H groups in total. The molecule has 1 aliphatic rings. The Morgan fingerprint density at radius 3 is 1.97 bits per heavy atom. The maximum Gasteiger partial charge on any atom is 0.343 e. The zero-order valence-electron chi connectivity index (χ0n) is 16.5. The van der Waals surface area contributed by atoms with Crippen molar-refractivity contribution in [3.8, 4) is 5.75 Å². The number of morpholine rings is 1. The standard InChI is InChI=1S/C21H23NO6S/c1-14-12-22(13-15(2)27-14)29(25,26)20-10-6-18(7-11-20)21(24)28-19-8-4-17(5-9-19)16(3)23/h4-11,14-15H,12-13H2,1-3H3/t14-,15-/m0/s1. The molecule has 29 heavy (non-hydrogen) atoms. The molecule has 154 valence electrons. The topological polar surface area (TPSA) is 90.0 Å². The van der Waals surface area contributed by atoms with E-state index in [0.717, 1.165) is 0 Å². The molecule has 3 rings (SSSR count). The first kappa shape index (κ1) is 21.2. The van der Waals surface area contributed by atoms with Crippen molar-refractivity contribution in [3.05, 3.63) is 59.7 Å². The Labute approximate surface area is 170 Å². The number of ether oxygens (including phenoxy) is 2. The number of hydrogen-bond donors (Lipinski definition) is 0. The summed E-state index contributed by atoms with van der Waals surface area (Å²) in [7, 11) is -3.67. The van der Waals surface area contributed by atoms with Gasteiger partial charge >= 0.3 is 5.97 Å². The van der Waals surface area contributed by atoms with Crippen LogP contribution in [0, 0.1) is 0 Å². The smallest absolute Gasteiger partial charge is 0.343 e. The summed E-state index contributed by atoms with van der Waals surface area (Å²) in [5, 5.41) is 0. The van der Waals surface area contributed by atoms with Crippen molar-refractivity contribution < 1.29 is 27.5 Å². The van der Waals surface area contributed by atoms with E-state index in [4.69, 9.17) is 9.47 Å². The molecule has 0 bridgehead atoms. The summed E-state index contributed by atoms with van der Waals surface area (Å²) in [4.78, 5) is 23.7. The maximum absolute atomic E-state index is 12.9. The second kappa shape index (κ2) is 8.44. The molecule has 0 unspecified atom stereocenters. The summed E-state index contributed by atoms with van der Waals surface area (Å²) in [5.74, 6) is -0.394. The van der Waals surface area contributed by atoms with E-state index in [2.05, 4.69) is 0 Å². The van der Waals surface area contributed by atoms with Gasteiger partial charge in [0.1, 0.15) is 5.75 Å². The summed E-state index contributed by atoms with van der Waals surface area (Å²) >= 11 is 0. The minimum Gasteiger partial charge on any atom is -0.423 e. The van der Waals surface area contributed by atoms with Gasteiger partial charge in [0.05, 0.1) is 22.7 Å². The first-order valence-corrected chi connectivity index (χ1v) is 10.7. The molecule has 1 fully saturated rings. The van der Waals surface area contributed by atoms with Crippen molar-refractivity contribution in [1.82, 2.24) is 4.31 Å². The molecule has 2 atom stereocenters. The minimum atomic E-state index is -3.67. The van der Waals surface area contributed by atoms with E-state index in [0.29, 0.717) is 11.3 Å². The van der Waals surface area contributed by atoms with E-state index < -0.39 is 16.0 Å². The Morgan fingerprint density at radius 2 is 1.45 bits per heavy atom. The third kappa shape index (κ3) is 4.90. The molecule has 0 aliphatic carbocycles. The number of ketones is 1. The van der Waals surface area contributed by atoms with E-state index >= 15 is 0 Å². The molecule has 7 nitrogen and oxygen atoms in total. The van der Waals surface area contributed by atoms with Crippen LogP contribution in [-0.4, -0.2) is 49.8 Å². The van der Waals surface area contributed by atoms with Gasteiger partial charge in [-0.15, -0.1) is 0 Å². The molecule has 1 aliphatic heterocycles. The van der Waals surface area contributed by atoms with Crippen LogP contribution in [0.5, 0.6) is 5.75 Å². The van der Waals surface area contributed by atoms with Crippen LogP contribution < -0.4 is 4.74 Å². The molecular formula is C21H23NO6S. The van der Waals surface area contributed by atoms with Crippen LogP contribution in [0.25, 0.3) is 0 Å². The van der Waals surface area contributed by atoms with Gasteiger partial charge in [0.2, 0.25) is 10.0 Å². The van der Waals surface area contributed by atoms with Gasteiger partial charge in [-0.25, -0.2) is 13.2 Å². The number of Topliss-reactive ketones (excluding diaryl/α,β-unsaturated/α-hetero) is 1. The van der Waals surface area contributed by atoms with Crippen LogP contribution in [0.15, 0.2) is 53.4 Å². The fourth-order valence-electron chi connectivity index (χ4n) is 3.16. The quantitative estimate of drug-likeness (QED) is 0.422. The van der Waals surface area contributed by atoms with E-state index in [9.17, 15) is 18.0 Å². The second-order valence-corrected chi connectivity index (χ2v) is 9.01. The van der Waals surface area contributed by atoms with Crippen molar-refractivity contribution in [2.75, 3.05) is 13.1 Å². The SMILES string of the molecule is CC(=O)c1ccc(OC(=O)c2ccc(S(=O)(=O)N3C[C@H](C)O[C@@H](C)C3)cc2)cc1. The average Bonchev–Trinajstić information content (AvgIpc) is 2.67. The van der Waals surface area contributed by atoms with Gasteiger partial charge in [0.15, 0.2) is 5.78 Å². The van der Waals surface area contributed by atoms with E-state index in [1.807, 2.05) is 13.8 Å². The molecule has 0 spiro atoms. The second-order valence-electron chi connectivity index (χ2n) is 7.07. The summed E-state index contributed by atoms with van der Waals surface area (Å²) < 4.78 is 38.0. The van der Waals surface area contributed by atoms with Crippen molar-refractivity contribution >= 4 is 21.8 Å². The zero-order chi connectivity index (χ0) is 21.2. The average molecular weight is 417 g/mol. The fraction of sp³-hybridized carbons (Fsp3) is 0.333. The molecule has 2 aromatic carbocycles. The van der Waals surface area contributed by atoms with Crippen LogP contribution in [0.3, 0.4) is 0 Å².